The summed E-state index contributed by atoms with van der Waals surface area (Å²) in [6.45, 7) is 3.93. The van der Waals surface area contributed by atoms with E-state index in [9.17, 15) is 0 Å². The molecule has 1 aliphatic heterocycles. The molecule has 1 aromatic rings. The minimum Gasteiger partial charge on any atom is -0.357 e. The number of piperazine rings is 1. The molecular weight excluding hydrogens is 212 g/mol. The lowest BCUT2D eigenvalue weighted by molar-refractivity contribution is 0.0363. The van der Waals surface area contributed by atoms with Crippen LogP contribution in [0, 0.1) is 5.92 Å². The van der Waals surface area contributed by atoms with Crippen molar-refractivity contribution in [3.05, 3.63) is 30.3 Å². The molecule has 1 saturated carbocycles. The van der Waals surface area contributed by atoms with Crippen molar-refractivity contribution in [1.29, 1.82) is 0 Å². The molecule has 17 heavy (non-hydrogen) atoms. The second-order valence-electron chi connectivity index (χ2n) is 4.96. The number of benzene rings is 1. The second kappa shape index (κ2) is 5.07. The maximum atomic E-state index is 6.04. The summed E-state index contributed by atoms with van der Waals surface area (Å²) in [5, 5.41) is 3.41. The zero-order valence-corrected chi connectivity index (χ0v) is 10.1. The van der Waals surface area contributed by atoms with Gasteiger partial charge in [-0.25, -0.2) is 0 Å². The number of rotatable bonds is 4. The number of hydrogen-bond donors (Lipinski definition) is 1. The summed E-state index contributed by atoms with van der Waals surface area (Å²) in [7, 11) is 0. The van der Waals surface area contributed by atoms with Gasteiger partial charge in [-0.1, -0.05) is 18.2 Å². The lowest BCUT2D eigenvalue weighted by Gasteiger charge is -2.37. The first-order chi connectivity index (χ1) is 8.43. The van der Waals surface area contributed by atoms with Crippen molar-refractivity contribution in [2.75, 3.05) is 31.1 Å². The number of nitrogens with one attached hydrogen (secondary N) is 1. The van der Waals surface area contributed by atoms with Crippen molar-refractivity contribution in [3.8, 4) is 0 Å². The van der Waals surface area contributed by atoms with E-state index in [0.29, 0.717) is 0 Å². The minimum atomic E-state index is 0.201. The van der Waals surface area contributed by atoms with Gasteiger partial charge in [-0.2, -0.15) is 0 Å². The van der Waals surface area contributed by atoms with Crippen LogP contribution in [0.2, 0.25) is 0 Å². The van der Waals surface area contributed by atoms with Crippen LogP contribution in [0.3, 0.4) is 0 Å². The quantitative estimate of drug-likeness (QED) is 0.857. The highest BCUT2D eigenvalue weighted by Gasteiger charge is 2.27. The fourth-order valence-electron chi connectivity index (χ4n) is 2.27. The molecule has 0 bridgehead atoms. The van der Waals surface area contributed by atoms with Gasteiger partial charge >= 0.3 is 0 Å². The summed E-state index contributed by atoms with van der Waals surface area (Å²) < 4.78 is 6.04. The van der Waals surface area contributed by atoms with Gasteiger partial charge in [0, 0.05) is 25.3 Å². The number of anilines is 1. The first-order valence-electron chi connectivity index (χ1n) is 6.57. The van der Waals surface area contributed by atoms with Gasteiger partial charge in [0.2, 0.25) is 0 Å². The van der Waals surface area contributed by atoms with E-state index in [1.54, 1.807) is 0 Å². The molecule has 1 aliphatic carbocycles. The average molecular weight is 232 g/mol. The van der Waals surface area contributed by atoms with Crippen molar-refractivity contribution < 1.29 is 4.74 Å². The maximum Gasteiger partial charge on any atom is 0.142 e. The van der Waals surface area contributed by atoms with Crippen LogP contribution in [0.4, 0.5) is 5.69 Å². The Hall–Kier alpha value is -1.06. The molecular formula is C14H20N2O. The van der Waals surface area contributed by atoms with E-state index in [1.165, 1.54) is 18.5 Å². The maximum absolute atomic E-state index is 6.04. The van der Waals surface area contributed by atoms with Crippen molar-refractivity contribution >= 4 is 5.69 Å². The van der Waals surface area contributed by atoms with E-state index in [0.717, 1.165) is 32.2 Å². The second-order valence-corrected chi connectivity index (χ2v) is 4.96. The fourth-order valence-corrected chi connectivity index (χ4v) is 2.27. The van der Waals surface area contributed by atoms with Crippen LogP contribution < -0.4 is 10.2 Å². The van der Waals surface area contributed by atoms with Crippen LogP contribution in [-0.4, -0.2) is 32.5 Å². The summed E-state index contributed by atoms with van der Waals surface area (Å²) in [6.07, 6.45) is 2.91. The van der Waals surface area contributed by atoms with Gasteiger partial charge in [0.25, 0.3) is 0 Å². The first-order valence-corrected chi connectivity index (χ1v) is 6.57. The standard InChI is InChI=1S/C14H20N2O/c1-2-4-13(5-3-1)16-9-8-15-10-14(16)17-11-12-6-7-12/h1-5,12,14-15H,6-11H2. The fraction of sp³-hybridized carbons (Fsp3) is 0.571. The van der Waals surface area contributed by atoms with Gasteiger partial charge in [0.15, 0.2) is 0 Å². The third-order valence-electron chi connectivity index (χ3n) is 3.51. The predicted molar refractivity (Wildman–Crippen MR) is 69.1 cm³/mol. The monoisotopic (exact) mass is 232 g/mol. The molecule has 0 aromatic heterocycles. The molecule has 3 heteroatoms. The van der Waals surface area contributed by atoms with Gasteiger partial charge in [0.1, 0.15) is 6.23 Å². The van der Waals surface area contributed by atoms with E-state index in [4.69, 9.17) is 4.74 Å². The average Bonchev–Trinajstić information content (AvgIpc) is 3.22. The highest BCUT2D eigenvalue weighted by Crippen LogP contribution is 2.30. The summed E-state index contributed by atoms with van der Waals surface area (Å²) in [4.78, 5) is 2.37. The van der Waals surface area contributed by atoms with Crippen LogP contribution in [0.25, 0.3) is 0 Å². The molecule has 1 unspecified atom stereocenters. The van der Waals surface area contributed by atoms with Gasteiger partial charge in [0.05, 0.1) is 6.61 Å². The molecule has 1 heterocycles. The summed E-state index contributed by atoms with van der Waals surface area (Å²) in [5.41, 5.74) is 1.27. The van der Waals surface area contributed by atoms with Gasteiger partial charge in [-0.3, -0.25) is 0 Å². The third-order valence-corrected chi connectivity index (χ3v) is 3.51. The molecule has 0 spiro atoms. The van der Waals surface area contributed by atoms with Gasteiger partial charge < -0.3 is 15.0 Å². The Morgan fingerprint density at radius 3 is 2.82 bits per heavy atom. The topological polar surface area (TPSA) is 24.5 Å². The van der Waals surface area contributed by atoms with E-state index in [2.05, 4.69) is 40.5 Å². The lowest BCUT2D eigenvalue weighted by Crippen LogP contribution is -2.52. The van der Waals surface area contributed by atoms with Crippen molar-refractivity contribution in [2.24, 2.45) is 5.92 Å². The minimum absolute atomic E-state index is 0.201. The van der Waals surface area contributed by atoms with Crippen LogP contribution in [-0.2, 0) is 4.74 Å². The SMILES string of the molecule is c1ccc(N2CCNCC2OCC2CC2)cc1. The number of nitrogens with zero attached hydrogens (tertiary/aromatic N) is 1. The summed E-state index contributed by atoms with van der Waals surface area (Å²) in [6, 6.07) is 10.6. The molecule has 2 fully saturated rings. The Bertz CT molecular complexity index is 350. The molecule has 2 aliphatic rings. The number of ether oxygens (including phenoxy) is 1. The molecule has 1 N–H and O–H groups in total. The summed E-state index contributed by atoms with van der Waals surface area (Å²) in [5.74, 6) is 0.828. The van der Waals surface area contributed by atoms with Crippen LogP contribution in [0.15, 0.2) is 30.3 Å². The highest BCUT2D eigenvalue weighted by molar-refractivity contribution is 5.47. The van der Waals surface area contributed by atoms with Crippen LogP contribution >= 0.6 is 0 Å². The molecule has 3 nitrogen and oxygen atoms in total. The van der Waals surface area contributed by atoms with E-state index < -0.39 is 0 Å². The Labute approximate surface area is 103 Å². The molecule has 0 radical (unpaired) electrons. The van der Waals surface area contributed by atoms with Crippen LogP contribution in [0.5, 0.6) is 0 Å². The van der Waals surface area contributed by atoms with E-state index in [-0.39, 0.29) is 6.23 Å². The van der Waals surface area contributed by atoms with Gasteiger partial charge in [-0.15, -0.1) is 0 Å². The number of para-hydroxylation sites is 1. The number of hydrogen-bond acceptors (Lipinski definition) is 3. The summed E-state index contributed by atoms with van der Waals surface area (Å²) >= 11 is 0. The zero-order chi connectivity index (χ0) is 11.5. The third kappa shape index (κ3) is 2.79. The molecule has 1 saturated heterocycles. The van der Waals surface area contributed by atoms with Crippen molar-refractivity contribution in [2.45, 2.75) is 19.1 Å². The molecule has 92 valence electrons. The normalized spacial score (nSPS) is 24.9. The Balaban J connectivity index is 1.66. The van der Waals surface area contributed by atoms with E-state index >= 15 is 0 Å². The predicted octanol–water partition coefficient (Wildman–Crippen LogP) is 1.85. The molecule has 1 aromatic carbocycles. The Kier molecular flexibility index (Phi) is 3.29. The molecule has 3 rings (SSSR count). The van der Waals surface area contributed by atoms with E-state index in [1.807, 2.05) is 0 Å². The van der Waals surface area contributed by atoms with Crippen molar-refractivity contribution in [1.82, 2.24) is 5.32 Å². The van der Waals surface area contributed by atoms with Crippen molar-refractivity contribution in [3.63, 3.8) is 0 Å². The largest absolute Gasteiger partial charge is 0.357 e. The Morgan fingerprint density at radius 1 is 1.24 bits per heavy atom. The zero-order valence-electron chi connectivity index (χ0n) is 10.1. The molecule has 0 amide bonds. The first kappa shape index (κ1) is 11.1. The van der Waals surface area contributed by atoms with Gasteiger partial charge in [-0.05, 0) is 30.9 Å². The molecule has 1 atom stereocenters. The smallest absolute Gasteiger partial charge is 0.142 e. The van der Waals surface area contributed by atoms with Crippen LogP contribution in [0.1, 0.15) is 12.8 Å². The Morgan fingerprint density at radius 2 is 2.06 bits per heavy atom. The lowest BCUT2D eigenvalue weighted by atomic mass is 10.2. The highest BCUT2D eigenvalue weighted by atomic mass is 16.5.